The maximum absolute atomic E-state index is 14.6. The molecule has 1 aromatic heterocycles. The summed E-state index contributed by atoms with van der Waals surface area (Å²) in [5.74, 6) is -1.14. The Morgan fingerprint density at radius 1 is 1.31 bits per heavy atom. The highest BCUT2D eigenvalue weighted by Crippen LogP contribution is 2.55. The van der Waals surface area contributed by atoms with Crippen molar-refractivity contribution in [3.05, 3.63) is 11.3 Å². The van der Waals surface area contributed by atoms with E-state index in [9.17, 15) is 13.6 Å². The molecule has 0 amide bonds. The number of esters is 1. The zero-order valence-electron chi connectivity index (χ0n) is 15.0. The number of ether oxygens (including phenoxy) is 1. The minimum absolute atomic E-state index is 0.0731. The summed E-state index contributed by atoms with van der Waals surface area (Å²) in [6.45, 7) is 1.55. The van der Waals surface area contributed by atoms with Gasteiger partial charge in [0, 0.05) is 31.5 Å². The van der Waals surface area contributed by atoms with E-state index in [1.54, 1.807) is 0 Å². The van der Waals surface area contributed by atoms with Gasteiger partial charge in [0.15, 0.2) is 5.16 Å². The molecule has 8 heteroatoms. The van der Waals surface area contributed by atoms with E-state index in [2.05, 4.69) is 14.9 Å². The molecule has 142 valence electrons. The van der Waals surface area contributed by atoms with Crippen LogP contribution in [0.3, 0.4) is 0 Å². The fraction of sp³-hybridized carbons (Fsp3) is 0.722. The smallest absolute Gasteiger partial charge is 0.305 e. The first-order valence-electron chi connectivity index (χ1n) is 9.09. The Kier molecular flexibility index (Phi) is 4.57. The molecule has 0 aromatic carbocycles. The third-order valence-corrected chi connectivity index (χ3v) is 6.51. The number of alkyl halides is 2. The number of methoxy groups -OCH3 is 1. The molecule has 0 spiro atoms. The molecule has 5 nitrogen and oxygen atoms in total. The van der Waals surface area contributed by atoms with Crippen molar-refractivity contribution in [2.75, 3.05) is 31.4 Å². The van der Waals surface area contributed by atoms with Crippen LogP contribution in [0.4, 0.5) is 14.6 Å². The highest BCUT2D eigenvalue weighted by molar-refractivity contribution is 7.98. The Hall–Kier alpha value is -1.44. The predicted molar refractivity (Wildman–Crippen MR) is 94.6 cm³/mol. The molecular weight excluding hydrogens is 360 g/mol. The summed E-state index contributed by atoms with van der Waals surface area (Å²) in [6, 6.07) is 0. The van der Waals surface area contributed by atoms with Crippen molar-refractivity contribution >= 4 is 23.5 Å². The van der Waals surface area contributed by atoms with Gasteiger partial charge in [0.1, 0.15) is 11.5 Å². The number of anilines is 1. The van der Waals surface area contributed by atoms with Crippen molar-refractivity contribution in [1.82, 2.24) is 9.97 Å². The molecule has 3 aliphatic rings. The lowest BCUT2D eigenvalue weighted by Crippen LogP contribution is -2.29. The number of carbonyl (C=O) groups is 1. The zero-order valence-corrected chi connectivity index (χ0v) is 15.8. The van der Waals surface area contributed by atoms with E-state index in [1.165, 1.54) is 18.9 Å². The highest BCUT2D eigenvalue weighted by atomic mass is 32.2. The number of rotatable bonds is 4. The molecule has 1 aliphatic heterocycles. The summed E-state index contributed by atoms with van der Waals surface area (Å²) in [4.78, 5) is 22.4. The summed E-state index contributed by atoms with van der Waals surface area (Å²) in [6.07, 6.45) is 3.97. The molecule has 0 unspecified atom stereocenters. The summed E-state index contributed by atoms with van der Waals surface area (Å²) in [5, 5.41) is 0.409. The van der Waals surface area contributed by atoms with Crippen LogP contribution in [-0.4, -0.2) is 42.4 Å². The van der Waals surface area contributed by atoms with Gasteiger partial charge in [-0.25, -0.2) is 9.97 Å². The van der Waals surface area contributed by atoms with Gasteiger partial charge in [0.05, 0.1) is 7.11 Å². The van der Waals surface area contributed by atoms with E-state index in [0.717, 1.165) is 19.5 Å². The molecule has 0 N–H and O–H groups in total. The zero-order chi connectivity index (χ0) is 18.5. The molecular formula is C18H23F2N3O2S. The van der Waals surface area contributed by atoms with Crippen LogP contribution >= 0.6 is 11.8 Å². The van der Waals surface area contributed by atoms with Gasteiger partial charge in [0.25, 0.3) is 5.92 Å². The Morgan fingerprint density at radius 2 is 2.04 bits per heavy atom. The molecule has 4 rings (SSSR count). The quantitative estimate of drug-likeness (QED) is 0.344. The minimum Gasteiger partial charge on any atom is -0.469 e. The van der Waals surface area contributed by atoms with Crippen molar-refractivity contribution in [2.24, 2.45) is 17.8 Å². The number of aromatic nitrogens is 2. The average Bonchev–Trinajstić information content (AvgIpc) is 3.11. The fourth-order valence-corrected chi connectivity index (χ4v) is 4.87. The lowest BCUT2D eigenvalue weighted by Gasteiger charge is -2.26. The van der Waals surface area contributed by atoms with Crippen LogP contribution in [0.25, 0.3) is 0 Å². The van der Waals surface area contributed by atoms with E-state index in [-0.39, 0.29) is 18.1 Å². The number of hydrogen-bond donors (Lipinski definition) is 0. The number of hydrogen-bond acceptors (Lipinski definition) is 6. The third-order valence-electron chi connectivity index (χ3n) is 5.96. The number of carbonyl (C=O) groups excluding carboxylic acids is 1. The van der Waals surface area contributed by atoms with Crippen molar-refractivity contribution < 1.29 is 18.3 Å². The van der Waals surface area contributed by atoms with Crippen molar-refractivity contribution in [3.8, 4) is 0 Å². The minimum atomic E-state index is -2.88. The van der Waals surface area contributed by atoms with Crippen molar-refractivity contribution in [3.63, 3.8) is 0 Å². The third kappa shape index (κ3) is 3.06. The number of piperidine rings is 1. The Labute approximate surface area is 155 Å². The van der Waals surface area contributed by atoms with Crippen molar-refractivity contribution in [2.45, 2.75) is 43.2 Å². The molecule has 26 heavy (non-hydrogen) atoms. The second-order valence-corrected chi connectivity index (χ2v) is 8.22. The van der Waals surface area contributed by atoms with Crippen LogP contribution in [-0.2, 0) is 21.9 Å². The standard InChI is InChI=1S/C18H23F2N3O2S/c1-25-14(24)7-11-12-8-23(9-13(11)12)16-10-5-3-4-6-18(19,20)15(10)21-17(22-16)26-2/h11-13H,3-9H2,1-2H3/t11-,12-,13+. The fourth-order valence-electron chi connectivity index (χ4n) is 4.51. The van der Waals surface area contributed by atoms with Crippen LogP contribution in [0.1, 0.15) is 36.9 Å². The van der Waals surface area contributed by atoms with Gasteiger partial charge < -0.3 is 9.64 Å². The topological polar surface area (TPSA) is 55.3 Å². The molecule has 2 fully saturated rings. The first kappa shape index (κ1) is 17.9. The molecule has 3 atom stereocenters. The van der Waals surface area contributed by atoms with E-state index in [4.69, 9.17) is 4.74 Å². The van der Waals surface area contributed by atoms with E-state index >= 15 is 0 Å². The lowest BCUT2D eigenvalue weighted by atomic mass is 10.1. The van der Waals surface area contributed by atoms with Gasteiger partial charge in [-0.3, -0.25) is 4.79 Å². The second kappa shape index (κ2) is 6.62. The molecule has 1 saturated heterocycles. The molecule has 2 aliphatic carbocycles. The number of nitrogens with zero attached hydrogens (tertiary/aromatic N) is 3. The molecule has 0 bridgehead atoms. The first-order chi connectivity index (χ1) is 12.4. The van der Waals surface area contributed by atoms with E-state index in [1.807, 2.05) is 6.26 Å². The highest BCUT2D eigenvalue weighted by Gasteiger charge is 2.57. The van der Waals surface area contributed by atoms with Crippen LogP contribution in [0.2, 0.25) is 0 Å². The maximum Gasteiger partial charge on any atom is 0.305 e. The number of thioether (sulfide) groups is 1. The normalized spacial score (nSPS) is 28.9. The second-order valence-electron chi connectivity index (χ2n) is 7.45. The molecule has 0 radical (unpaired) electrons. The predicted octanol–water partition coefficient (Wildman–Crippen LogP) is 3.26. The van der Waals surface area contributed by atoms with Gasteiger partial charge in [-0.1, -0.05) is 11.8 Å². The van der Waals surface area contributed by atoms with Crippen LogP contribution in [0.15, 0.2) is 5.16 Å². The summed E-state index contributed by atoms with van der Waals surface area (Å²) in [7, 11) is 1.41. The monoisotopic (exact) mass is 383 g/mol. The summed E-state index contributed by atoms with van der Waals surface area (Å²) < 4.78 is 34.0. The van der Waals surface area contributed by atoms with E-state index < -0.39 is 5.92 Å². The average molecular weight is 383 g/mol. The lowest BCUT2D eigenvalue weighted by molar-refractivity contribution is -0.141. The van der Waals surface area contributed by atoms with Gasteiger partial charge in [-0.15, -0.1) is 0 Å². The van der Waals surface area contributed by atoms with Gasteiger partial charge >= 0.3 is 5.97 Å². The largest absolute Gasteiger partial charge is 0.469 e. The Balaban J connectivity index is 1.60. The van der Waals surface area contributed by atoms with Crippen LogP contribution < -0.4 is 4.90 Å². The van der Waals surface area contributed by atoms with Gasteiger partial charge in [-0.05, 0) is 43.3 Å². The first-order valence-corrected chi connectivity index (χ1v) is 10.3. The van der Waals surface area contributed by atoms with Crippen molar-refractivity contribution in [1.29, 1.82) is 0 Å². The molecule has 2 heterocycles. The maximum atomic E-state index is 14.6. The molecule has 1 saturated carbocycles. The van der Waals surface area contributed by atoms with Crippen LogP contribution in [0, 0.1) is 17.8 Å². The number of halogens is 2. The Bertz CT molecular complexity index is 719. The van der Waals surface area contributed by atoms with Gasteiger partial charge in [0.2, 0.25) is 0 Å². The van der Waals surface area contributed by atoms with Gasteiger partial charge in [-0.2, -0.15) is 8.78 Å². The summed E-state index contributed by atoms with van der Waals surface area (Å²) in [5.41, 5.74) is 0.548. The SMILES string of the molecule is COC(=O)C[C@@H]1[C@H]2CN(c3nc(SC)nc4c3CCCCC4(F)F)C[C@@H]12. The van der Waals surface area contributed by atoms with Crippen LogP contribution in [0.5, 0.6) is 0 Å². The number of fused-ring (bicyclic) bond motifs is 2. The summed E-state index contributed by atoms with van der Waals surface area (Å²) >= 11 is 1.30. The van der Waals surface area contributed by atoms with E-state index in [0.29, 0.717) is 53.6 Å². The molecule has 1 aromatic rings. The Morgan fingerprint density at radius 3 is 2.69 bits per heavy atom.